The second kappa shape index (κ2) is 4.74. The Kier molecular flexibility index (Phi) is 3.24. The highest BCUT2D eigenvalue weighted by molar-refractivity contribution is 9.10. The monoisotopic (exact) mass is 309 g/mol. The largest absolute Gasteiger partial charge is 0.365 e. The Hall–Kier alpha value is -0.740. The third kappa shape index (κ3) is 2.01. The maximum Gasteiger partial charge on any atom is 0.0619 e. The summed E-state index contributed by atoms with van der Waals surface area (Å²) in [7, 11) is 0. The lowest BCUT2D eigenvalue weighted by atomic mass is 10.0. The maximum absolute atomic E-state index is 3.60. The van der Waals surface area contributed by atoms with Crippen LogP contribution >= 0.6 is 15.9 Å². The van der Waals surface area contributed by atoms with Gasteiger partial charge < -0.3 is 15.1 Å². The first-order chi connectivity index (χ1) is 8.66. The summed E-state index contributed by atoms with van der Waals surface area (Å²) >= 11 is 3.60. The van der Waals surface area contributed by atoms with E-state index in [1.165, 1.54) is 15.8 Å². The van der Waals surface area contributed by atoms with Crippen LogP contribution in [0.2, 0.25) is 0 Å². The Bertz CT molecular complexity index is 447. The molecule has 1 fully saturated rings. The van der Waals surface area contributed by atoms with Crippen molar-refractivity contribution in [3.05, 3.63) is 22.7 Å². The van der Waals surface area contributed by atoms with E-state index in [0.29, 0.717) is 12.1 Å². The van der Waals surface area contributed by atoms with Gasteiger partial charge in [-0.15, -0.1) is 0 Å². The Balaban J connectivity index is 2.05. The summed E-state index contributed by atoms with van der Waals surface area (Å²) in [6.07, 6.45) is 0. The van der Waals surface area contributed by atoms with E-state index < -0.39 is 0 Å². The summed E-state index contributed by atoms with van der Waals surface area (Å²) in [5.41, 5.74) is 2.77. The van der Waals surface area contributed by atoms with Crippen LogP contribution in [0.15, 0.2) is 22.7 Å². The Morgan fingerprint density at radius 3 is 2.94 bits per heavy atom. The third-order valence-corrected chi connectivity index (χ3v) is 4.43. The van der Waals surface area contributed by atoms with Crippen LogP contribution in [-0.4, -0.2) is 38.3 Å². The van der Waals surface area contributed by atoms with E-state index in [0.717, 1.165) is 26.2 Å². The topological polar surface area (TPSA) is 18.5 Å². The number of fused-ring (bicyclic) bond motifs is 3. The molecule has 2 heterocycles. The van der Waals surface area contributed by atoms with E-state index in [2.05, 4.69) is 63.1 Å². The molecular weight excluding hydrogens is 290 g/mol. The highest BCUT2D eigenvalue weighted by Gasteiger charge is 2.33. The molecule has 18 heavy (non-hydrogen) atoms. The smallest absolute Gasteiger partial charge is 0.0619 e. The predicted octanol–water partition coefficient (Wildman–Crippen LogP) is 2.46. The fourth-order valence-corrected chi connectivity index (χ4v) is 3.37. The molecule has 1 unspecified atom stereocenters. The van der Waals surface area contributed by atoms with Crippen LogP contribution in [0.1, 0.15) is 13.8 Å². The summed E-state index contributed by atoms with van der Waals surface area (Å²) in [6, 6.07) is 7.81. The van der Waals surface area contributed by atoms with Crippen molar-refractivity contribution in [1.82, 2.24) is 5.32 Å². The zero-order valence-corrected chi connectivity index (χ0v) is 12.6. The molecule has 1 atom stereocenters. The van der Waals surface area contributed by atoms with E-state index in [-0.39, 0.29) is 0 Å². The Morgan fingerprint density at radius 2 is 2.17 bits per heavy atom. The standard InChI is InChI=1S/C14H20BrN3/c1-10(2)18-9-12-8-16-5-6-17(12)14-7-11(15)3-4-13(14)18/h3-4,7,10,12,16H,5-6,8-9H2,1-2H3. The zero-order valence-electron chi connectivity index (χ0n) is 11.0. The molecule has 0 bridgehead atoms. The van der Waals surface area contributed by atoms with Gasteiger partial charge in [0.1, 0.15) is 0 Å². The molecule has 3 nitrogen and oxygen atoms in total. The molecule has 0 radical (unpaired) electrons. The van der Waals surface area contributed by atoms with E-state index >= 15 is 0 Å². The van der Waals surface area contributed by atoms with Crippen molar-refractivity contribution in [2.75, 3.05) is 36.0 Å². The van der Waals surface area contributed by atoms with Crippen LogP contribution in [0.25, 0.3) is 0 Å². The molecule has 1 N–H and O–H groups in total. The van der Waals surface area contributed by atoms with Gasteiger partial charge in [-0.25, -0.2) is 0 Å². The molecule has 0 spiro atoms. The van der Waals surface area contributed by atoms with Gasteiger partial charge in [-0.3, -0.25) is 0 Å². The van der Waals surface area contributed by atoms with Gasteiger partial charge >= 0.3 is 0 Å². The van der Waals surface area contributed by atoms with Crippen molar-refractivity contribution >= 4 is 27.3 Å². The fourth-order valence-electron chi connectivity index (χ4n) is 3.03. The lowest BCUT2D eigenvalue weighted by Gasteiger charge is -2.48. The number of anilines is 2. The average molecular weight is 310 g/mol. The number of hydrogen-bond donors (Lipinski definition) is 1. The van der Waals surface area contributed by atoms with Gasteiger partial charge in [-0.05, 0) is 32.0 Å². The van der Waals surface area contributed by atoms with Gasteiger partial charge in [0.05, 0.1) is 17.4 Å². The Morgan fingerprint density at radius 1 is 1.33 bits per heavy atom. The summed E-state index contributed by atoms with van der Waals surface area (Å²) < 4.78 is 1.17. The number of nitrogens with zero attached hydrogens (tertiary/aromatic N) is 2. The molecular formula is C14H20BrN3. The number of rotatable bonds is 1. The first-order valence-corrected chi connectivity index (χ1v) is 7.49. The lowest BCUT2D eigenvalue weighted by molar-refractivity contribution is 0.448. The number of piperazine rings is 1. The highest BCUT2D eigenvalue weighted by atomic mass is 79.9. The molecule has 0 saturated carbocycles. The minimum absolute atomic E-state index is 0.550. The van der Waals surface area contributed by atoms with Crippen molar-refractivity contribution in [2.45, 2.75) is 25.9 Å². The first kappa shape index (κ1) is 12.3. The van der Waals surface area contributed by atoms with Gasteiger partial charge in [-0.1, -0.05) is 15.9 Å². The zero-order chi connectivity index (χ0) is 12.7. The second-order valence-electron chi connectivity index (χ2n) is 5.43. The quantitative estimate of drug-likeness (QED) is 0.859. The van der Waals surface area contributed by atoms with Crippen LogP contribution in [0.5, 0.6) is 0 Å². The van der Waals surface area contributed by atoms with Crippen LogP contribution in [0.3, 0.4) is 0 Å². The van der Waals surface area contributed by atoms with Crippen molar-refractivity contribution in [3.8, 4) is 0 Å². The number of benzene rings is 1. The number of nitrogens with one attached hydrogen (secondary N) is 1. The molecule has 2 aliphatic rings. The van der Waals surface area contributed by atoms with Crippen LogP contribution in [0.4, 0.5) is 11.4 Å². The van der Waals surface area contributed by atoms with E-state index in [1.54, 1.807) is 0 Å². The van der Waals surface area contributed by atoms with Gasteiger partial charge in [0.2, 0.25) is 0 Å². The Labute approximate surface area is 117 Å². The van der Waals surface area contributed by atoms with E-state index in [1.807, 2.05) is 0 Å². The summed E-state index contributed by atoms with van der Waals surface area (Å²) in [5, 5.41) is 3.51. The van der Waals surface area contributed by atoms with Crippen LogP contribution in [0, 0.1) is 0 Å². The van der Waals surface area contributed by atoms with Gasteiger partial charge in [-0.2, -0.15) is 0 Å². The molecule has 4 heteroatoms. The van der Waals surface area contributed by atoms with Gasteiger partial charge in [0, 0.05) is 36.7 Å². The molecule has 2 aliphatic heterocycles. The normalized spacial score (nSPS) is 23.0. The fraction of sp³-hybridized carbons (Fsp3) is 0.571. The molecule has 1 aromatic rings. The first-order valence-electron chi connectivity index (χ1n) is 6.70. The van der Waals surface area contributed by atoms with E-state index in [9.17, 15) is 0 Å². The predicted molar refractivity (Wildman–Crippen MR) is 80.6 cm³/mol. The van der Waals surface area contributed by atoms with Crippen LogP contribution < -0.4 is 15.1 Å². The highest BCUT2D eigenvalue weighted by Crippen LogP contribution is 2.38. The minimum atomic E-state index is 0.550. The summed E-state index contributed by atoms with van der Waals surface area (Å²) in [4.78, 5) is 5.09. The SMILES string of the molecule is CC(C)N1CC2CNCCN2c2cc(Br)ccc21. The van der Waals surface area contributed by atoms with Crippen molar-refractivity contribution in [3.63, 3.8) is 0 Å². The van der Waals surface area contributed by atoms with Crippen molar-refractivity contribution in [2.24, 2.45) is 0 Å². The second-order valence-corrected chi connectivity index (χ2v) is 6.35. The molecule has 0 aliphatic carbocycles. The summed E-state index contributed by atoms with van der Waals surface area (Å²) in [6.45, 7) is 8.97. The molecule has 0 amide bonds. The van der Waals surface area contributed by atoms with Crippen molar-refractivity contribution in [1.29, 1.82) is 0 Å². The molecule has 1 aromatic carbocycles. The minimum Gasteiger partial charge on any atom is -0.365 e. The maximum atomic E-state index is 3.60. The third-order valence-electron chi connectivity index (χ3n) is 3.94. The number of halogens is 1. The number of hydrogen-bond acceptors (Lipinski definition) is 3. The average Bonchev–Trinajstić information content (AvgIpc) is 2.37. The molecule has 3 rings (SSSR count). The van der Waals surface area contributed by atoms with Crippen LogP contribution in [-0.2, 0) is 0 Å². The molecule has 1 saturated heterocycles. The van der Waals surface area contributed by atoms with E-state index in [4.69, 9.17) is 0 Å². The summed E-state index contributed by atoms with van der Waals surface area (Å²) in [5.74, 6) is 0. The lowest BCUT2D eigenvalue weighted by Crippen LogP contribution is -2.59. The van der Waals surface area contributed by atoms with Crippen molar-refractivity contribution < 1.29 is 0 Å². The molecule has 0 aromatic heterocycles. The van der Waals surface area contributed by atoms with Gasteiger partial charge in [0.15, 0.2) is 0 Å². The van der Waals surface area contributed by atoms with Gasteiger partial charge in [0.25, 0.3) is 0 Å². The molecule has 98 valence electrons.